The van der Waals surface area contributed by atoms with Gasteiger partial charge in [0.25, 0.3) is 5.91 Å². The van der Waals surface area contributed by atoms with Crippen molar-refractivity contribution in [3.63, 3.8) is 0 Å². The number of benzene rings is 1. The maximum Gasteiger partial charge on any atom is 0.306 e. The lowest BCUT2D eigenvalue weighted by Crippen LogP contribution is -2.40. The van der Waals surface area contributed by atoms with Crippen LogP contribution in [0, 0.1) is 17.8 Å². The molecule has 0 radical (unpaired) electrons. The van der Waals surface area contributed by atoms with Gasteiger partial charge in [-0.2, -0.15) is 4.31 Å². The second-order valence-electron chi connectivity index (χ2n) is 8.73. The molecule has 3 atom stereocenters. The molecule has 1 aliphatic heterocycles. The fourth-order valence-corrected chi connectivity index (χ4v) is 6.55. The summed E-state index contributed by atoms with van der Waals surface area (Å²) in [5.41, 5.74) is 0.205. The number of anilines is 1. The summed E-state index contributed by atoms with van der Waals surface area (Å²) in [4.78, 5) is 24.6. The lowest BCUT2D eigenvalue weighted by Gasteiger charge is -2.26. The predicted molar refractivity (Wildman–Crippen MR) is 116 cm³/mol. The fraction of sp³-hybridized carbons (Fsp3) is 0.636. The maximum atomic E-state index is 12.9. The normalized spacial score (nSPS) is 25.5. The number of fused-ring (bicyclic) bond motifs is 2. The van der Waals surface area contributed by atoms with E-state index in [4.69, 9.17) is 14.2 Å². The number of carbonyl (C=O) groups is 2. The van der Waals surface area contributed by atoms with E-state index < -0.39 is 22.5 Å². The molecule has 32 heavy (non-hydrogen) atoms. The van der Waals surface area contributed by atoms with Crippen molar-refractivity contribution < 1.29 is 32.2 Å². The average molecular weight is 467 g/mol. The van der Waals surface area contributed by atoms with Crippen LogP contribution in [0.4, 0.5) is 5.69 Å². The first kappa shape index (κ1) is 23.0. The van der Waals surface area contributed by atoms with Crippen LogP contribution in [0.5, 0.6) is 5.75 Å². The molecule has 0 spiro atoms. The third kappa shape index (κ3) is 5.07. The number of hydrogen-bond acceptors (Lipinski definition) is 7. The van der Waals surface area contributed by atoms with E-state index in [2.05, 4.69) is 5.32 Å². The van der Waals surface area contributed by atoms with Gasteiger partial charge in [-0.05, 0) is 55.2 Å². The van der Waals surface area contributed by atoms with Crippen LogP contribution >= 0.6 is 0 Å². The average Bonchev–Trinajstić information content (AvgIpc) is 3.41. The van der Waals surface area contributed by atoms with Crippen LogP contribution in [0.3, 0.4) is 0 Å². The highest BCUT2D eigenvalue weighted by molar-refractivity contribution is 7.89. The molecule has 2 aliphatic carbocycles. The lowest BCUT2D eigenvalue weighted by molar-refractivity contribution is -0.148. The van der Waals surface area contributed by atoms with E-state index >= 15 is 0 Å². The largest absolute Gasteiger partial charge is 0.495 e. The Labute approximate surface area is 188 Å². The number of esters is 1. The smallest absolute Gasteiger partial charge is 0.306 e. The topological polar surface area (TPSA) is 111 Å². The zero-order chi connectivity index (χ0) is 22.7. The Hall–Kier alpha value is -2.17. The minimum Gasteiger partial charge on any atom is -0.495 e. The van der Waals surface area contributed by atoms with E-state index in [1.165, 1.54) is 48.9 Å². The number of morpholine rings is 1. The van der Waals surface area contributed by atoms with Gasteiger partial charge in [0.2, 0.25) is 10.0 Å². The number of amides is 1. The number of hydrogen-bond donors (Lipinski definition) is 1. The molecule has 2 bridgehead atoms. The molecule has 10 heteroatoms. The number of nitrogens with one attached hydrogen (secondary N) is 1. The number of sulfonamides is 1. The van der Waals surface area contributed by atoms with Crippen molar-refractivity contribution in [3.05, 3.63) is 18.2 Å². The van der Waals surface area contributed by atoms with Gasteiger partial charge in [-0.1, -0.05) is 6.42 Å². The molecule has 1 N–H and O–H groups in total. The molecule has 4 rings (SSSR count). The Kier molecular flexibility index (Phi) is 7.02. The van der Waals surface area contributed by atoms with Crippen molar-refractivity contribution in [1.82, 2.24) is 4.31 Å². The molecule has 1 aromatic carbocycles. The van der Waals surface area contributed by atoms with Crippen LogP contribution in [-0.4, -0.2) is 64.6 Å². The summed E-state index contributed by atoms with van der Waals surface area (Å²) < 4.78 is 42.8. The number of rotatable bonds is 8. The molecule has 1 saturated heterocycles. The van der Waals surface area contributed by atoms with E-state index in [-0.39, 0.29) is 29.6 Å². The van der Waals surface area contributed by atoms with E-state index in [0.717, 1.165) is 12.3 Å². The first-order chi connectivity index (χ1) is 15.4. The van der Waals surface area contributed by atoms with E-state index in [9.17, 15) is 18.0 Å². The molecule has 1 aromatic rings. The minimum absolute atomic E-state index is 0.0452. The van der Waals surface area contributed by atoms with Gasteiger partial charge < -0.3 is 19.5 Å². The first-order valence-corrected chi connectivity index (χ1v) is 12.5. The van der Waals surface area contributed by atoms with Gasteiger partial charge in [-0.25, -0.2) is 8.42 Å². The molecule has 2 saturated carbocycles. The third-order valence-corrected chi connectivity index (χ3v) is 8.63. The van der Waals surface area contributed by atoms with Crippen molar-refractivity contribution in [2.45, 2.75) is 37.0 Å². The van der Waals surface area contributed by atoms with E-state index in [1.807, 2.05) is 0 Å². The fourth-order valence-electron chi connectivity index (χ4n) is 5.11. The van der Waals surface area contributed by atoms with Gasteiger partial charge in [0.1, 0.15) is 5.75 Å². The van der Waals surface area contributed by atoms with Gasteiger partial charge in [0, 0.05) is 19.5 Å². The number of nitrogens with zero attached hydrogens (tertiary/aromatic N) is 1. The summed E-state index contributed by atoms with van der Waals surface area (Å²) in [5.74, 6) is 1.12. The van der Waals surface area contributed by atoms with E-state index in [0.29, 0.717) is 37.2 Å². The highest BCUT2D eigenvalue weighted by Gasteiger charge is 2.40. The molecular weight excluding hydrogens is 436 g/mol. The first-order valence-electron chi connectivity index (χ1n) is 11.1. The van der Waals surface area contributed by atoms with Crippen LogP contribution in [0.25, 0.3) is 0 Å². The Morgan fingerprint density at radius 1 is 1.19 bits per heavy atom. The molecule has 0 unspecified atom stereocenters. The molecule has 3 fully saturated rings. The van der Waals surface area contributed by atoms with Gasteiger partial charge in [0.05, 0.1) is 30.9 Å². The zero-order valence-electron chi connectivity index (χ0n) is 18.2. The summed E-state index contributed by atoms with van der Waals surface area (Å²) in [6.07, 6.45) is 5.09. The van der Waals surface area contributed by atoms with Crippen LogP contribution < -0.4 is 10.1 Å². The Morgan fingerprint density at radius 2 is 1.97 bits per heavy atom. The van der Waals surface area contributed by atoms with Gasteiger partial charge in [-0.3, -0.25) is 9.59 Å². The highest BCUT2D eigenvalue weighted by atomic mass is 32.2. The van der Waals surface area contributed by atoms with Crippen LogP contribution in [-0.2, 0) is 29.1 Å². The van der Waals surface area contributed by atoms with Crippen LogP contribution in [0.15, 0.2) is 23.1 Å². The molecule has 9 nitrogen and oxygen atoms in total. The molecule has 1 amide bonds. The molecule has 176 valence electrons. The highest BCUT2D eigenvalue weighted by Crippen LogP contribution is 2.49. The van der Waals surface area contributed by atoms with Gasteiger partial charge in [-0.15, -0.1) is 0 Å². The molecule has 0 aromatic heterocycles. The van der Waals surface area contributed by atoms with Crippen molar-refractivity contribution >= 4 is 27.6 Å². The van der Waals surface area contributed by atoms with Crippen molar-refractivity contribution in [2.24, 2.45) is 17.8 Å². The van der Waals surface area contributed by atoms with Crippen molar-refractivity contribution in [3.8, 4) is 5.75 Å². The van der Waals surface area contributed by atoms with Crippen molar-refractivity contribution in [2.75, 3.05) is 45.3 Å². The summed E-state index contributed by atoms with van der Waals surface area (Å²) in [6, 6.07) is 4.29. The minimum atomic E-state index is -3.73. The number of carbonyl (C=O) groups excluding carboxylic acids is 2. The number of methoxy groups -OCH3 is 1. The second-order valence-corrected chi connectivity index (χ2v) is 10.7. The second kappa shape index (κ2) is 9.76. The third-order valence-electron chi connectivity index (χ3n) is 6.73. The lowest BCUT2D eigenvalue weighted by atomic mass is 9.86. The number of ether oxygens (including phenoxy) is 3. The Balaban J connectivity index is 1.35. The molecule has 1 heterocycles. The Bertz CT molecular complexity index is 959. The molecule has 3 aliphatic rings. The van der Waals surface area contributed by atoms with Crippen molar-refractivity contribution in [1.29, 1.82) is 0 Å². The van der Waals surface area contributed by atoms with Crippen LogP contribution in [0.2, 0.25) is 0 Å². The predicted octanol–water partition coefficient (Wildman–Crippen LogP) is 2.02. The Morgan fingerprint density at radius 3 is 2.62 bits per heavy atom. The standard InChI is InChI=1S/C22H30N2O7S/c1-29-20-5-4-18(32(27,28)24-6-8-30-9-7-24)13-19(20)23-21(25)14-31-22(26)12-17-11-15-2-3-16(17)10-15/h4-5,13,15-17H,2-3,6-12,14H2,1H3,(H,23,25)/t15-,16-,17+/m1/s1. The zero-order valence-corrected chi connectivity index (χ0v) is 19.1. The SMILES string of the molecule is COc1ccc(S(=O)(=O)N2CCOCC2)cc1NC(=O)COC(=O)C[C@@H]1C[C@@H]2CC[C@@H]1C2. The monoisotopic (exact) mass is 466 g/mol. The summed E-state index contributed by atoms with van der Waals surface area (Å²) in [7, 11) is -2.30. The quantitative estimate of drug-likeness (QED) is 0.584. The van der Waals surface area contributed by atoms with Crippen LogP contribution in [0.1, 0.15) is 32.1 Å². The summed E-state index contributed by atoms with van der Waals surface area (Å²) in [6.45, 7) is 0.797. The summed E-state index contributed by atoms with van der Waals surface area (Å²) in [5, 5.41) is 2.60. The maximum absolute atomic E-state index is 12.9. The van der Waals surface area contributed by atoms with Gasteiger partial charge >= 0.3 is 5.97 Å². The van der Waals surface area contributed by atoms with E-state index in [1.54, 1.807) is 0 Å². The van der Waals surface area contributed by atoms with Gasteiger partial charge in [0.15, 0.2) is 6.61 Å². The summed E-state index contributed by atoms with van der Waals surface area (Å²) >= 11 is 0. The molecular formula is C22H30N2O7S.